The Balaban J connectivity index is 2.50. The molecule has 1 unspecified atom stereocenters. The van der Waals surface area contributed by atoms with E-state index in [-0.39, 0.29) is 5.13 Å². The first kappa shape index (κ1) is 12.3. The van der Waals surface area contributed by atoms with Crippen molar-refractivity contribution in [2.75, 3.05) is 11.9 Å². The number of urea groups is 1. The largest absolute Gasteiger partial charge is 0.480 e. The molecule has 0 aliphatic rings. The first-order valence-corrected chi connectivity index (χ1v) is 5.06. The third kappa shape index (κ3) is 3.44. The maximum atomic E-state index is 11.2. The molecule has 0 spiro atoms. The van der Waals surface area contributed by atoms with Crippen LogP contribution < -0.4 is 10.6 Å². The first-order valence-electron chi connectivity index (χ1n) is 4.24. The number of aryl methyl sites for hydroxylation is 1. The van der Waals surface area contributed by atoms with Gasteiger partial charge in [-0.1, -0.05) is 11.3 Å². The highest BCUT2D eigenvalue weighted by Gasteiger charge is 2.19. The lowest BCUT2D eigenvalue weighted by Crippen LogP contribution is -2.45. The Kier molecular flexibility index (Phi) is 4.14. The molecule has 0 radical (unpaired) electrons. The van der Waals surface area contributed by atoms with Gasteiger partial charge in [0.15, 0.2) is 6.04 Å². The molecule has 1 aromatic rings. The summed E-state index contributed by atoms with van der Waals surface area (Å²) in [4.78, 5) is 21.7. The molecule has 0 aliphatic heterocycles. The second kappa shape index (κ2) is 5.37. The van der Waals surface area contributed by atoms with Gasteiger partial charge in [-0.3, -0.25) is 5.32 Å². The number of nitrogens with one attached hydrogen (secondary N) is 2. The molecule has 4 N–H and O–H groups in total. The van der Waals surface area contributed by atoms with Crippen molar-refractivity contribution in [1.82, 2.24) is 15.5 Å². The number of nitrogens with zero attached hydrogens (tertiary/aromatic N) is 2. The van der Waals surface area contributed by atoms with Gasteiger partial charge in [-0.05, 0) is 6.92 Å². The molecule has 0 saturated carbocycles. The lowest BCUT2D eigenvalue weighted by Gasteiger charge is -2.10. The van der Waals surface area contributed by atoms with Gasteiger partial charge in [0.2, 0.25) is 5.13 Å². The lowest BCUT2D eigenvalue weighted by atomic mass is 10.3. The highest BCUT2D eigenvalue weighted by atomic mass is 32.1. The van der Waals surface area contributed by atoms with Crippen LogP contribution in [0.5, 0.6) is 0 Å². The summed E-state index contributed by atoms with van der Waals surface area (Å²) in [5.41, 5.74) is 0. The van der Waals surface area contributed by atoms with Gasteiger partial charge in [0.1, 0.15) is 5.01 Å². The number of aliphatic hydroxyl groups excluding tert-OH is 1. The average molecular weight is 246 g/mol. The molecule has 0 aliphatic carbocycles. The zero-order valence-corrected chi connectivity index (χ0v) is 9.11. The van der Waals surface area contributed by atoms with E-state index in [1.54, 1.807) is 6.92 Å². The van der Waals surface area contributed by atoms with E-state index in [4.69, 9.17) is 10.2 Å². The topological polar surface area (TPSA) is 124 Å². The van der Waals surface area contributed by atoms with Crippen molar-refractivity contribution >= 4 is 28.5 Å². The molecule has 0 fully saturated rings. The van der Waals surface area contributed by atoms with E-state index in [2.05, 4.69) is 20.8 Å². The van der Waals surface area contributed by atoms with E-state index in [1.165, 1.54) is 0 Å². The van der Waals surface area contributed by atoms with Gasteiger partial charge < -0.3 is 15.5 Å². The number of carboxylic acids is 1. The van der Waals surface area contributed by atoms with Crippen LogP contribution in [0.25, 0.3) is 0 Å². The molecular formula is C7H10N4O4S. The average Bonchev–Trinajstić information content (AvgIpc) is 2.60. The predicted octanol–water partition coefficient (Wildman–Crippen LogP) is -0.586. The molecular weight excluding hydrogens is 236 g/mol. The van der Waals surface area contributed by atoms with Crippen LogP contribution in [0.2, 0.25) is 0 Å². The molecule has 0 aromatic carbocycles. The first-order chi connectivity index (χ1) is 7.52. The van der Waals surface area contributed by atoms with Crippen LogP contribution in [0.4, 0.5) is 9.93 Å². The maximum Gasteiger partial charge on any atom is 0.328 e. The zero-order chi connectivity index (χ0) is 12.1. The van der Waals surface area contributed by atoms with Crippen LogP contribution >= 0.6 is 11.3 Å². The molecule has 9 heteroatoms. The van der Waals surface area contributed by atoms with Crippen molar-refractivity contribution in [2.45, 2.75) is 13.0 Å². The molecule has 0 saturated heterocycles. The maximum absolute atomic E-state index is 11.2. The van der Waals surface area contributed by atoms with Crippen LogP contribution in [0.3, 0.4) is 0 Å². The van der Waals surface area contributed by atoms with Crippen molar-refractivity contribution in [3.63, 3.8) is 0 Å². The summed E-state index contributed by atoms with van der Waals surface area (Å²) in [5, 5.41) is 29.8. The van der Waals surface area contributed by atoms with Crippen molar-refractivity contribution in [3.8, 4) is 0 Å². The summed E-state index contributed by atoms with van der Waals surface area (Å²) in [6, 6.07) is -2.09. The fourth-order valence-corrected chi connectivity index (χ4v) is 1.41. The number of hydrogen-bond acceptors (Lipinski definition) is 6. The Bertz CT molecular complexity index is 393. The van der Waals surface area contributed by atoms with Gasteiger partial charge >= 0.3 is 12.0 Å². The molecule has 0 bridgehead atoms. The number of aliphatic carboxylic acids is 1. The van der Waals surface area contributed by atoms with E-state index in [1.807, 2.05) is 0 Å². The van der Waals surface area contributed by atoms with Crippen LogP contribution in [0.1, 0.15) is 5.01 Å². The molecule has 1 heterocycles. The van der Waals surface area contributed by atoms with Crippen molar-refractivity contribution in [1.29, 1.82) is 0 Å². The third-order valence-electron chi connectivity index (χ3n) is 1.53. The minimum Gasteiger partial charge on any atom is -0.480 e. The molecule has 1 atom stereocenters. The molecule has 2 amide bonds. The van der Waals surface area contributed by atoms with E-state index in [0.717, 1.165) is 11.3 Å². The second-order valence-corrected chi connectivity index (χ2v) is 3.98. The number of anilines is 1. The Labute approximate surface area is 94.3 Å². The summed E-state index contributed by atoms with van der Waals surface area (Å²) >= 11 is 1.16. The molecule has 16 heavy (non-hydrogen) atoms. The quantitative estimate of drug-likeness (QED) is 0.563. The van der Waals surface area contributed by atoms with Crippen LogP contribution in [-0.4, -0.2) is 45.1 Å². The van der Waals surface area contributed by atoms with Crippen LogP contribution in [0.15, 0.2) is 0 Å². The summed E-state index contributed by atoms with van der Waals surface area (Å²) < 4.78 is 0. The predicted molar refractivity (Wildman–Crippen MR) is 55.3 cm³/mol. The number of aliphatic hydroxyl groups is 1. The van der Waals surface area contributed by atoms with E-state index >= 15 is 0 Å². The number of aromatic nitrogens is 2. The summed E-state index contributed by atoms with van der Waals surface area (Å²) in [5.74, 6) is -1.31. The smallest absolute Gasteiger partial charge is 0.328 e. The standard InChI is InChI=1S/C7H10N4O4S/c1-3-10-11-7(16-3)9-6(15)8-4(2-12)5(13)14/h4,12H,2H2,1H3,(H,13,14)(H2,8,9,11,15). The SMILES string of the molecule is Cc1nnc(NC(=O)NC(CO)C(=O)O)s1. The summed E-state index contributed by atoms with van der Waals surface area (Å²) in [6.07, 6.45) is 0. The van der Waals surface area contributed by atoms with Gasteiger partial charge in [-0.25, -0.2) is 9.59 Å². The van der Waals surface area contributed by atoms with Crippen molar-refractivity contribution < 1.29 is 19.8 Å². The summed E-state index contributed by atoms with van der Waals surface area (Å²) in [6.45, 7) is 1.03. The Morgan fingerprint density at radius 1 is 1.50 bits per heavy atom. The Hall–Kier alpha value is -1.74. The normalized spacial score (nSPS) is 11.9. The minimum atomic E-state index is -1.34. The molecule has 8 nitrogen and oxygen atoms in total. The molecule has 1 aromatic heterocycles. The van der Waals surface area contributed by atoms with Crippen LogP contribution in [0, 0.1) is 6.92 Å². The van der Waals surface area contributed by atoms with Crippen molar-refractivity contribution in [3.05, 3.63) is 5.01 Å². The number of hydrogen-bond donors (Lipinski definition) is 4. The number of carbonyl (C=O) groups excluding carboxylic acids is 1. The molecule has 88 valence electrons. The highest BCUT2D eigenvalue weighted by Crippen LogP contribution is 2.12. The second-order valence-electron chi connectivity index (χ2n) is 2.80. The minimum absolute atomic E-state index is 0.261. The van der Waals surface area contributed by atoms with Gasteiger partial charge in [-0.15, -0.1) is 10.2 Å². The summed E-state index contributed by atoms with van der Waals surface area (Å²) in [7, 11) is 0. The van der Waals surface area contributed by atoms with Gasteiger partial charge in [-0.2, -0.15) is 0 Å². The van der Waals surface area contributed by atoms with Gasteiger partial charge in [0.25, 0.3) is 0 Å². The van der Waals surface area contributed by atoms with E-state index < -0.39 is 24.6 Å². The van der Waals surface area contributed by atoms with Crippen molar-refractivity contribution in [2.24, 2.45) is 0 Å². The monoisotopic (exact) mass is 246 g/mol. The molecule has 1 rings (SSSR count). The Morgan fingerprint density at radius 2 is 2.19 bits per heavy atom. The zero-order valence-electron chi connectivity index (χ0n) is 8.30. The lowest BCUT2D eigenvalue weighted by molar-refractivity contribution is -0.140. The number of carbonyl (C=O) groups is 2. The van der Waals surface area contributed by atoms with Gasteiger partial charge in [0.05, 0.1) is 6.61 Å². The third-order valence-corrected chi connectivity index (χ3v) is 2.29. The fourth-order valence-electron chi connectivity index (χ4n) is 0.824. The van der Waals surface area contributed by atoms with Crippen LogP contribution in [-0.2, 0) is 4.79 Å². The number of carboxylic acid groups (broad SMARTS) is 1. The fraction of sp³-hybridized carbons (Fsp3) is 0.429. The Morgan fingerprint density at radius 3 is 2.62 bits per heavy atom. The number of rotatable bonds is 4. The van der Waals surface area contributed by atoms with Gasteiger partial charge in [0, 0.05) is 0 Å². The van der Waals surface area contributed by atoms with E-state index in [0.29, 0.717) is 5.01 Å². The van der Waals surface area contributed by atoms with E-state index in [9.17, 15) is 9.59 Å². The highest BCUT2D eigenvalue weighted by molar-refractivity contribution is 7.15. The number of amides is 2.